The second kappa shape index (κ2) is 7.67. The van der Waals surface area contributed by atoms with Gasteiger partial charge in [0, 0.05) is 29.0 Å². The van der Waals surface area contributed by atoms with Crippen molar-refractivity contribution in [1.82, 2.24) is 4.90 Å². The normalized spacial score (nSPS) is 19.4. The summed E-state index contributed by atoms with van der Waals surface area (Å²) in [5.74, 6) is 0.108. The lowest BCUT2D eigenvalue weighted by atomic mass is 9.79. The van der Waals surface area contributed by atoms with Crippen LogP contribution in [0.25, 0.3) is 10.4 Å². The van der Waals surface area contributed by atoms with Crippen molar-refractivity contribution in [3.8, 4) is 10.4 Å². The zero-order chi connectivity index (χ0) is 17.5. The minimum absolute atomic E-state index is 0. The molecule has 136 valence electrons. The monoisotopic (exact) mass is 398 g/mol. The first-order valence-corrected chi connectivity index (χ1v) is 9.38. The highest BCUT2D eigenvalue weighted by Crippen LogP contribution is 2.35. The molecular weight excluding hydrogens is 375 g/mol. The smallest absolute Gasteiger partial charge is 0.263 e. The summed E-state index contributed by atoms with van der Waals surface area (Å²) >= 11 is 7.64. The van der Waals surface area contributed by atoms with E-state index in [0.29, 0.717) is 11.6 Å². The molecule has 0 aliphatic carbocycles. The average Bonchev–Trinajstić information content (AvgIpc) is 2.91. The number of carbonyl (C=O) groups is 1. The van der Waals surface area contributed by atoms with E-state index in [0.717, 1.165) is 33.8 Å². The number of nitrogens with zero attached hydrogens (tertiary/aromatic N) is 1. The number of likely N-dealkylation sites (tertiary alicyclic amines) is 1. The number of rotatable bonds is 2. The second-order valence-corrected chi connectivity index (χ2v) is 8.73. The molecule has 1 saturated heterocycles. The van der Waals surface area contributed by atoms with Gasteiger partial charge in [-0.05, 0) is 48.1 Å². The van der Waals surface area contributed by atoms with E-state index in [1.54, 1.807) is 11.3 Å². The van der Waals surface area contributed by atoms with E-state index in [2.05, 4.69) is 13.8 Å². The van der Waals surface area contributed by atoms with E-state index in [4.69, 9.17) is 17.3 Å². The van der Waals surface area contributed by atoms with Crippen LogP contribution in [0.2, 0.25) is 5.02 Å². The van der Waals surface area contributed by atoms with E-state index in [1.165, 1.54) is 0 Å². The van der Waals surface area contributed by atoms with E-state index in [-0.39, 0.29) is 29.8 Å². The number of amides is 1. The van der Waals surface area contributed by atoms with Crippen molar-refractivity contribution >= 4 is 41.3 Å². The number of carbonyl (C=O) groups excluding carboxylic acids is 1. The Morgan fingerprint density at radius 2 is 2.08 bits per heavy atom. The lowest BCUT2D eigenvalue weighted by molar-refractivity contribution is 0.0537. The molecule has 6 heteroatoms. The molecule has 1 fully saturated rings. The Morgan fingerprint density at radius 3 is 2.72 bits per heavy atom. The van der Waals surface area contributed by atoms with Crippen LogP contribution in [0.5, 0.6) is 0 Å². The molecule has 0 bridgehead atoms. The maximum atomic E-state index is 12.9. The van der Waals surface area contributed by atoms with Crippen molar-refractivity contribution < 1.29 is 4.79 Å². The van der Waals surface area contributed by atoms with Gasteiger partial charge in [0.1, 0.15) is 0 Å². The van der Waals surface area contributed by atoms with Crippen LogP contribution < -0.4 is 5.73 Å². The first-order valence-electron chi connectivity index (χ1n) is 8.19. The molecule has 1 aromatic heterocycles. The van der Waals surface area contributed by atoms with Crippen LogP contribution in [-0.4, -0.2) is 29.9 Å². The lowest BCUT2D eigenvalue weighted by Gasteiger charge is -2.42. The van der Waals surface area contributed by atoms with Crippen molar-refractivity contribution in [3.63, 3.8) is 0 Å². The summed E-state index contributed by atoms with van der Waals surface area (Å²) < 4.78 is 0. The Bertz CT molecular complexity index is 773. The summed E-state index contributed by atoms with van der Waals surface area (Å²) in [6.07, 6.45) is 0.851. The minimum atomic E-state index is -0.0456. The first kappa shape index (κ1) is 20.2. The van der Waals surface area contributed by atoms with Crippen molar-refractivity contribution in [2.45, 2.75) is 33.2 Å². The molecule has 1 amide bonds. The van der Waals surface area contributed by atoms with Gasteiger partial charge in [-0.2, -0.15) is 0 Å². The minimum Gasteiger partial charge on any atom is -0.337 e. The average molecular weight is 399 g/mol. The third-order valence-electron chi connectivity index (χ3n) is 4.81. The third-order valence-corrected chi connectivity index (χ3v) is 6.32. The number of halogens is 2. The van der Waals surface area contributed by atoms with Crippen LogP contribution in [0.4, 0.5) is 0 Å². The molecule has 1 aliphatic rings. The van der Waals surface area contributed by atoms with Crippen LogP contribution in [0.15, 0.2) is 30.3 Å². The highest BCUT2D eigenvalue weighted by atomic mass is 35.5. The predicted molar refractivity (Wildman–Crippen MR) is 109 cm³/mol. The molecule has 0 radical (unpaired) electrons. The van der Waals surface area contributed by atoms with Gasteiger partial charge in [0.2, 0.25) is 0 Å². The topological polar surface area (TPSA) is 46.3 Å². The maximum absolute atomic E-state index is 12.9. The van der Waals surface area contributed by atoms with Gasteiger partial charge in [-0.3, -0.25) is 4.79 Å². The van der Waals surface area contributed by atoms with Crippen LogP contribution in [0.1, 0.15) is 35.5 Å². The van der Waals surface area contributed by atoms with Gasteiger partial charge in [-0.25, -0.2) is 0 Å². The largest absolute Gasteiger partial charge is 0.337 e. The molecule has 2 N–H and O–H groups in total. The highest BCUT2D eigenvalue weighted by molar-refractivity contribution is 7.17. The third kappa shape index (κ3) is 4.20. The van der Waals surface area contributed by atoms with Crippen molar-refractivity contribution in [1.29, 1.82) is 0 Å². The van der Waals surface area contributed by atoms with Gasteiger partial charge in [-0.15, -0.1) is 23.7 Å². The number of nitrogens with two attached hydrogens (primary N) is 1. The molecule has 25 heavy (non-hydrogen) atoms. The predicted octanol–water partition coefficient (Wildman–Crippen LogP) is 5.00. The first-order chi connectivity index (χ1) is 11.3. The van der Waals surface area contributed by atoms with Crippen molar-refractivity contribution in [2.24, 2.45) is 11.1 Å². The molecule has 2 heterocycles. The molecule has 0 spiro atoms. The summed E-state index contributed by atoms with van der Waals surface area (Å²) in [6.45, 7) is 7.74. The van der Waals surface area contributed by atoms with Crippen LogP contribution >= 0.6 is 35.3 Å². The zero-order valence-electron chi connectivity index (χ0n) is 14.7. The molecule has 3 rings (SSSR count). The molecule has 3 nitrogen and oxygen atoms in total. The van der Waals surface area contributed by atoms with Crippen LogP contribution in [0, 0.1) is 12.3 Å². The summed E-state index contributed by atoms with van der Waals surface area (Å²) in [7, 11) is 0. The number of piperidine rings is 1. The van der Waals surface area contributed by atoms with E-state index < -0.39 is 0 Å². The zero-order valence-corrected chi connectivity index (χ0v) is 17.1. The second-order valence-electron chi connectivity index (χ2n) is 7.24. The fourth-order valence-electron chi connectivity index (χ4n) is 3.21. The van der Waals surface area contributed by atoms with Crippen molar-refractivity contribution in [2.75, 3.05) is 13.1 Å². The number of hydrogen-bond acceptors (Lipinski definition) is 3. The van der Waals surface area contributed by atoms with Gasteiger partial charge < -0.3 is 10.6 Å². The SMILES string of the molecule is Cc1cc(C(=O)N2CCC(N)C(C)(C)C2)sc1-c1cccc(Cl)c1.Cl. The standard InChI is InChI=1S/C19H23ClN2OS.ClH/c1-12-9-15(24-17(12)13-5-4-6-14(20)10-13)18(23)22-8-7-16(21)19(2,3)11-22;/h4-6,9-10,16H,7-8,11,21H2,1-3H3;1H. The molecule has 1 aromatic carbocycles. The van der Waals surface area contributed by atoms with Crippen LogP contribution in [0.3, 0.4) is 0 Å². The van der Waals surface area contributed by atoms with Gasteiger partial charge in [0.05, 0.1) is 4.88 Å². The summed E-state index contributed by atoms with van der Waals surface area (Å²) in [6, 6.07) is 9.91. The fourth-order valence-corrected chi connectivity index (χ4v) is 4.53. The number of benzene rings is 1. The van der Waals surface area contributed by atoms with Gasteiger partial charge in [0.15, 0.2) is 0 Å². The Hall–Kier alpha value is -1.07. The fraction of sp³-hybridized carbons (Fsp3) is 0.421. The summed E-state index contributed by atoms with van der Waals surface area (Å²) in [4.78, 5) is 16.8. The maximum Gasteiger partial charge on any atom is 0.263 e. The Morgan fingerprint density at radius 1 is 1.36 bits per heavy atom. The molecule has 1 atom stereocenters. The Labute approximate surface area is 164 Å². The molecule has 2 aromatic rings. The molecule has 0 saturated carbocycles. The Kier molecular flexibility index (Phi) is 6.21. The molecule has 1 unspecified atom stereocenters. The van der Waals surface area contributed by atoms with E-state index >= 15 is 0 Å². The lowest BCUT2D eigenvalue weighted by Crippen LogP contribution is -2.53. The number of aryl methyl sites for hydroxylation is 1. The van der Waals surface area contributed by atoms with E-state index in [1.807, 2.05) is 42.2 Å². The van der Waals surface area contributed by atoms with Gasteiger partial charge in [0.25, 0.3) is 5.91 Å². The summed E-state index contributed by atoms with van der Waals surface area (Å²) in [5, 5.41) is 0.708. The molecular formula is C19H24Cl2N2OS. The van der Waals surface area contributed by atoms with Crippen molar-refractivity contribution in [3.05, 3.63) is 45.8 Å². The Balaban J connectivity index is 0.00000225. The number of hydrogen-bond donors (Lipinski definition) is 1. The van der Waals surface area contributed by atoms with Gasteiger partial charge >= 0.3 is 0 Å². The van der Waals surface area contributed by atoms with Crippen LogP contribution in [-0.2, 0) is 0 Å². The van der Waals surface area contributed by atoms with E-state index in [9.17, 15) is 4.79 Å². The number of thiophene rings is 1. The van der Waals surface area contributed by atoms with Gasteiger partial charge in [-0.1, -0.05) is 37.6 Å². The quantitative estimate of drug-likeness (QED) is 0.773. The summed E-state index contributed by atoms with van der Waals surface area (Å²) in [5.41, 5.74) is 8.31. The molecule has 1 aliphatic heterocycles. The highest BCUT2D eigenvalue weighted by Gasteiger charge is 2.36.